The Kier molecular flexibility index (Phi) is 10.2. The van der Waals surface area contributed by atoms with Gasteiger partial charge < -0.3 is 10.4 Å². The molecule has 0 aliphatic rings. The molecule has 5 heteroatoms. The monoisotopic (exact) mass is 284 g/mol. The number of carbonyl (C=O) groups is 1. The second-order valence-electron chi connectivity index (χ2n) is 4.66. The van der Waals surface area contributed by atoms with Crippen LogP contribution in [0, 0.1) is 5.92 Å². The first-order valence-corrected chi connectivity index (χ1v) is 7.15. The molecule has 1 aromatic carbocycles. The zero-order valence-electron chi connectivity index (χ0n) is 12.1. The van der Waals surface area contributed by atoms with Gasteiger partial charge in [-0.25, -0.2) is 0 Å². The zero-order valence-corrected chi connectivity index (χ0v) is 12.9. The van der Waals surface area contributed by atoms with E-state index in [1.165, 1.54) is 18.9 Å². The second-order valence-corrected chi connectivity index (χ2v) is 5.62. The third-order valence-electron chi connectivity index (χ3n) is 1.58. The Morgan fingerprint density at radius 3 is 2.21 bits per heavy atom. The summed E-state index contributed by atoms with van der Waals surface area (Å²) in [5.74, 6) is 0.758. The maximum Gasteiger partial charge on any atom is 0.221 e. The average molecular weight is 284 g/mol. The molecule has 0 fully saturated rings. The maximum atomic E-state index is 10.8. The Bertz CT molecular complexity index is 350. The van der Waals surface area contributed by atoms with Gasteiger partial charge in [0.25, 0.3) is 0 Å². The minimum absolute atomic E-state index is 0.0752. The standard InChI is InChI=1S/C10H14N2O2S.C4H10/c1-8(14)12-9-2-4-10(5-3-9)15-11-6-7-13;1-4(2)3/h2-5,11,13H,6-7H2,1H3,(H,12,14);4H,1-3H3. The van der Waals surface area contributed by atoms with Gasteiger partial charge in [0.15, 0.2) is 0 Å². The smallest absolute Gasteiger partial charge is 0.221 e. The van der Waals surface area contributed by atoms with Crippen LogP contribution >= 0.6 is 11.9 Å². The third-order valence-corrected chi connectivity index (χ3v) is 2.43. The van der Waals surface area contributed by atoms with Crippen LogP contribution < -0.4 is 10.0 Å². The average Bonchev–Trinajstić information content (AvgIpc) is 2.30. The minimum atomic E-state index is -0.0752. The molecular weight excluding hydrogens is 260 g/mol. The van der Waals surface area contributed by atoms with Crippen LogP contribution in [0.2, 0.25) is 0 Å². The molecule has 0 atom stereocenters. The molecule has 0 saturated carbocycles. The van der Waals surface area contributed by atoms with Crippen LogP contribution in [0.1, 0.15) is 27.7 Å². The van der Waals surface area contributed by atoms with E-state index in [1.807, 2.05) is 24.3 Å². The highest BCUT2D eigenvalue weighted by molar-refractivity contribution is 7.97. The van der Waals surface area contributed by atoms with E-state index in [-0.39, 0.29) is 12.5 Å². The molecule has 19 heavy (non-hydrogen) atoms. The summed E-state index contributed by atoms with van der Waals surface area (Å²) >= 11 is 1.45. The number of benzene rings is 1. The fourth-order valence-corrected chi connectivity index (χ4v) is 1.62. The molecule has 1 amide bonds. The number of amides is 1. The van der Waals surface area contributed by atoms with Crippen molar-refractivity contribution in [1.82, 2.24) is 4.72 Å². The number of rotatable bonds is 5. The molecule has 1 rings (SSSR count). The molecule has 0 bridgehead atoms. The van der Waals surface area contributed by atoms with E-state index in [1.54, 1.807) is 0 Å². The van der Waals surface area contributed by atoms with E-state index in [0.717, 1.165) is 16.5 Å². The molecule has 108 valence electrons. The first-order valence-electron chi connectivity index (χ1n) is 6.34. The lowest BCUT2D eigenvalue weighted by Crippen LogP contribution is -2.09. The van der Waals surface area contributed by atoms with Crippen LogP contribution in [-0.2, 0) is 4.79 Å². The Labute approximate surface area is 120 Å². The molecule has 0 unspecified atom stereocenters. The molecule has 3 N–H and O–H groups in total. The normalized spacial score (nSPS) is 9.79. The van der Waals surface area contributed by atoms with Crippen molar-refractivity contribution in [2.75, 3.05) is 18.5 Å². The van der Waals surface area contributed by atoms with Crippen LogP contribution in [0.25, 0.3) is 0 Å². The largest absolute Gasteiger partial charge is 0.395 e. The van der Waals surface area contributed by atoms with Crippen LogP contribution in [0.5, 0.6) is 0 Å². The van der Waals surface area contributed by atoms with E-state index in [4.69, 9.17) is 5.11 Å². The lowest BCUT2D eigenvalue weighted by atomic mass is 10.3. The SMILES string of the molecule is CC(=O)Nc1ccc(SNCCO)cc1.CC(C)C. The summed E-state index contributed by atoms with van der Waals surface area (Å²) < 4.78 is 2.99. The summed E-state index contributed by atoms with van der Waals surface area (Å²) in [6.45, 7) is 8.65. The van der Waals surface area contributed by atoms with E-state index in [0.29, 0.717) is 6.54 Å². The van der Waals surface area contributed by atoms with Gasteiger partial charge in [0.2, 0.25) is 5.91 Å². The molecule has 1 aromatic rings. The zero-order chi connectivity index (χ0) is 14.7. The van der Waals surface area contributed by atoms with Crippen molar-refractivity contribution in [1.29, 1.82) is 0 Å². The molecule has 0 heterocycles. The number of carbonyl (C=O) groups excluding carboxylic acids is 1. The minimum Gasteiger partial charge on any atom is -0.395 e. The maximum absolute atomic E-state index is 10.8. The summed E-state index contributed by atoms with van der Waals surface area (Å²) in [4.78, 5) is 11.8. The Hall–Kier alpha value is -1.04. The second kappa shape index (κ2) is 10.8. The van der Waals surface area contributed by atoms with Gasteiger partial charge in [-0.05, 0) is 42.1 Å². The van der Waals surface area contributed by atoms with Crippen molar-refractivity contribution in [2.45, 2.75) is 32.6 Å². The van der Waals surface area contributed by atoms with Crippen LogP contribution in [-0.4, -0.2) is 24.2 Å². The van der Waals surface area contributed by atoms with Gasteiger partial charge in [0.05, 0.1) is 6.61 Å². The lowest BCUT2D eigenvalue weighted by Gasteiger charge is -2.04. The Morgan fingerprint density at radius 1 is 1.26 bits per heavy atom. The van der Waals surface area contributed by atoms with E-state index in [2.05, 4.69) is 30.8 Å². The fourth-order valence-electron chi connectivity index (χ4n) is 0.990. The van der Waals surface area contributed by atoms with E-state index >= 15 is 0 Å². The van der Waals surface area contributed by atoms with Gasteiger partial charge in [-0.2, -0.15) is 0 Å². The van der Waals surface area contributed by atoms with Crippen molar-refractivity contribution >= 4 is 23.5 Å². The number of nitrogens with one attached hydrogen (secondary N) is 2. The van der Waals surface area contributed by atoms with Crippen LogP contribution in [0.4, 0.5) is 5.69 Å². The van der Waals surface area contributed by atoms with Crippen LogP contribution in [0.3, 0.4) is 0 Å². The number of hydrogen-bond acceptors (Lipinski definition) is 4. The molecule has 0 spiro atoms. The molecule has 0 radical (unpaired) electrons. The summed E-state index contributed by atoms with van der Waals surface area (Å²) in [6, 6.07) is 7.48. The van der Waals surface area contributed by atoms with Crippen LogP contribution in [0.15, 0.2) is 29.2 Å². The number of hydrogen-bond donors (Lipinski definition) is 3. The molecular formula is C14H24N2O2S. The van der Waals surface area contributed by atoms with Gasteiger partial charge in [-0.15, -0.1) is 0 Å². The first kappa shape index (κ1) is 18.0. The van der Waals surface area contributed by atoms with Crippen molar-refractivity contribution in [3.63, 3.8) is 0 Å². The van der Waals surface area contributed by atoms with E-state index in [9.17, 15) is 4.79 Å². The van der Waals surface area contributed by atoms with Gasteiger partial charge in [-0.3, -0.25) is 9.52 Å². The number of aliphatic hydroxyl groups is 1. The molecule has 0 aliphatic heterocycles. The number of anilines is 1. The van der Waals surface area contributed by atoms with Crippen molar-refractivity contribution in [3.8, 4) is 0 Å². The van der Waals surface area contributed by atoms with Crippen molar-refractivity contribution in [2.24, 2.45) is 5.92 Å². The third kappa shape index (κ3) is 11.8. The summed E-state index contributed by atoms with van der Waals surface area (Å²) in [5.41, 5.74) is 0.786. The van der Waals surface area contributed by atoms with Crippen molar-refractivity contribution in [3.05, 3.63) is 24.3 Å². The molecule has 4 nitrogen and oxygen atoms in total. The summed E-state index contributed by atoms with van der Waals surface area (Å²) in [7, 11) is 0. The van der Waals surface area contributed by atoms with Gasteiger partial charge in [0.1, 0.15) is 0 Å². The predicted molar refractivity (Wildman–Crippen MR) is 82.2 cm³/mol. The topological polar surface area (TPSA) is 61.4 Å². The molecule has 0 aromatic heterocycles. The fraction of sp³-hybridized carbons (Fsp3) is 0.500. The highest BCUT2D eigenvalue weighted by Gasteiger charge is 1.96. The highest BCUT2D eigenvalue weighted by atomic mass is 32.2. The van der Waals surface area contributed by atoms with Gasteiger partial charge in [0, 0.05) is 24.1 Å². The quantitative estimate of drug-likeness (QED) is 0.575. The van der Waals surface area contributed by atoms with Gasteiger partial charge >= 0.3 is 0 Å². The summed E-state index contributed by atoms with van der Waals surface area (Å²) in [6.07, 6.45) is 0. The first-order chi connectivity index (χ1) is 8.95. The van der Waals surface area contributed by atoms with Gasteiger partial charge in [-0.1, -0.05) is 20.8 Å². The predicted octanol–water partition coefficient (Wildman–Crippen LogP) is 2.90. The highest BCUT2D eigenvalue weighted by Crippen LogP contribution is 2.17. The molecule has 0 saturated heterocycles. The number of aliphatic hydroxyl groups excluding tert-OH is 1. The Balaban J connectivity index is 0.000000711. The lowest BCUT2D eigenvalue weighted by molar-refractivity contribution is -0.114. The Morgan fingerprint density at radius 2 is 1.79 bits per heavy atom. The summed E-state index contributed by atoms with van der Waals surface area (Å²) in [5, 5.41) is 11.3. The molecule has 0 aliphatic carbocycles. The van der Waals surface area contributed by atoms with E-state index < -0.39 is 0 Å². The van der Waals surface area contributed by atoms with Crippen molar-refractivity contribution < 1.29 is 9.90 Å².